The molecule has 2 amide bonds. The topological polar surface area (TPSA) is 110 Å². The number of phenols is 1. The summed E-state index contributed by atoms with van der Waals surface area (Å²) >= 11 is 5.84. The first-order valence-electron chi connectivity index (χ1n) is 9.71. The summed E-state index contributed by atoms with van der Waals surface area (Å²) in [5.41, 5.74) is 11.4. The highest BCUT2D eigenvalue weighted by Gasteiger charge is 2.09. The molecule has 0 bridgehead atoms. The van der Waals surface area contributed by atoms with E-state index < -0.39 is 11.8 Å². The van der Waals surface area contributed by atoms with Crippen molar-refractivity contribution in [1.82, 2.24) is 9.99 Å². The Hall–Kier alpha value is -4.10. The van der Waals surface area contributed by atoms with Gasteiger partial charge in [0.2, 0.25) is 5.91 Å². The van der Waals surface area contributed by atoms with E-state index in [1.54, 1.807) is 18.3 Å². The number of fused-ring (bicyclic) bond motifs is 1. The first-order valence-corrected chi connectivity index (χ1v) is 10.1. The van der Waals surface area contributed by atoms with Crippen LogP contribution in [0.15, 0.2) is 78.0 Å². The Bertz CT molecular complexity index is 1360. The van der Waals surface area contributed by atoms with E-state index in [1.165, 1.54) is 18.2 Å². The van der Waals surface area contributed by atoms with Crippen molar-refractivity contribution in [2.75, 3.05) is 0 Å². The number of phenolic OH excluding ortho intramolecular Hbond substituents is 1. The number of nitrogens with two attached hydrogens (primary N) is 1. The molecule has 4 N–H and O–H groups in total. The Morgan fingerprint density at radius 3 is 2.66 bits per heavy atom. The number of hydrogen-bond donors (Lipinski definition) is 3. The van der Waals surface area contributed by atoms with Gasteiger partial charge < -0.3 is 15.4 Å². The van der Waals surface area contributed by atoms with Gasteiger partial charge in [0, 0.05) is 40.3 Å². The summed E-state index contributed by atoms with van der Waals surface area (Å²) in [5, 5.41) is 14.6. The number of hydrazone groups is 1. The minimum absolute atomic E-state index is 0.0918. The molecule has 7 nitrogen and oxygen atoms in total. The summed E-state index contributed by atoms with van der Waals surface area (Å²) < 4.78 is 2.06. The Balaban J connectivity index is 1.52. The molecule has 0 saturated carbocycles. The minimum Gasteiger partial charge on any atom is -0.506 e. The molecule has 0 aliphatic carbocycles. The van der Waals surface area contributed by atoms with Gasteiger partial charge in [-0.25, -0.2) is 5.43 Å². The van der Waals surface area contributed by atoms with E-state index in [4.69, 9.17) is 17.3 Å². The minimum atomic E-state index is -0.459. The van der Waals surface area contributed by atoms with Gasteiger partial charge in [-0.15, -0.1) is 0 Å². The van der Waals surface area contributed by atoms with E-state index in [2.05, 4.69) is 15.1 Å². The summed E-state index contributed by atoms with van der Waals surface area (Å²) in [7, 11) is 0. The van der Waals surface area contributed by atoms with Crippen molar-refractivity contribution in [3.05, 3.63) is 100 Å². The number of hydrogen-bond acceptors (Lipinski definition) is 4. The molecule has 4 aromatic rings. The van der Waals surface area contributed by atoms with Crippen molar-refractivity contribution in [1.29, 1.82) is 0 Å². The number of carbonyl (C=O) groups excluding carboxylic acids is 2. The summed E-state index contributed by atoms with van der Waals surface area (Å²) in [4.78, 5) is 23.7. The number of primary amides is 1. The average molecular weight is 447 g/mol. The third-order valence-electron chi connectivity index (χ3n) is 4.99. The Labute approximate surface area is 188 Å². The van der Waals surface area contributed by atoms with E-state index in [-0.39, 0.29) is 16.3 Å². The fourth-order valence-corrected chi connectivity index (χ4v) is 3.57. The lowest BCUT2D eigenvalue weighted by molar-refractivity contribution is 0.0953. The summed E-state index contributed by atoms with van der Waals surface area (Å²) in [6, 6.07) is 19.2. The van der Waals surface area contributed by atoms with E-state index in [0.29, 0.717) is 12.1 Å². The molecular weight excluding hydrogens is 428 g/mol. The van der Waals surface area contributed by atoms with Gasteiger partial charge >= 0.3 is 0 Å². The predicted octanol–water partition coefficient (Wildman–Crippen LogP) is 3.91. The highest BCUT2D eigenvalue weighted by atomic mass is 35.5. The molecule has 1 aromatic heterocycles. The zero-order chi connectivity index (χ0) is 22.7. The van der Waals surface area contributed by atoms with Crippen LogP contribution >= 0.6 is 11.6 Å². The zero-order valence-corrected chi connectivity index (χ0v) is 17.6. The van der Waals surface area contributed by atoms with Gasteiger partial charge in [0.15, 0.2) is 0 Å². The number of aromatic hydroxyl groups is 1. The van der Waals surface area contributed by atoms with Crippen LogP contribution < -0.4 is 11.2 Å². The van der Waals surface area contributed by atoms with Crippen LogP contribution in [0.1, 0.15) is 31.8 Å². The van der Waals surface area contributed by atoms with Gasteiger partial charge in [0.1, 0.15) is 5.75 Å². The number of amides is 2. The molecule has 8 heteroatoms. The largest absolute Gasteiger partial charge is 0.506 e. The van der Waals surface area contributed by atoms with Crippen LogP contribution in [0.2, 0.25) is 5.02 Å². The summed E-state index contributed by atoms with van der Waals surface area (Å²) in [6.45, 7) is 0.573. The molecular formula is C24H19ClN4O3. The number of halogens is 1. The molecule has 0 spiro atoms. The van der Waals surface area contributed by atoms with Crippen molar-refractivity contribution in [2.45, 2.75) is 6.54 Å². The van der Waals surface area contributed by atoms with Crippen LogP contribution in [0.5, 0.6) is 5.75 Å². The number of carbonyl (C=O) groups is 2. The molecule has 4 rings (SSSR count). The van der Waals surface area contributed by atoms with E-state index in [9.17, 15) is 14.7 Å². The molecule has 3 aromatic carbocycles. The smallest absolute Gasteiger partial charge is 0.271 e. The predicted molar refractivity (Wildman–Crippen MR) is 124 cm³/mol. The average Bonchev–Trinajstić information content (AvgIpc) is 3.19. The van der Waals surface area contributed by atoms with Gasteiger partial charge in [-0.3, -0.25) is 9.59 Å². The first-order chi connectivity index (χ1) is 15.4. The van der Waals surface area contributed by atoms with Crippen molar-refractivity contribution in [3.8, 4) is 5.75 Å². The second-order valence-corrected chi connectivity index (χ2v) is 7.56. The van der Waals surface area contributed by atoms with Gasteiger partial charge in [-0.1, -0.05) is 35.9 Å². The van der Waals surface area contributed by atoms with Gasteiger partial charge in [0.25, 0.3) is 5.91 Å². The van der Waals surface area contributed by atoms with E-state index >= 15 is 0 Å². The second kappa shape index (κ2) is 8.95. The van der Waals surface area contributed by atoms with Crippen molar-refractivity contribution < 1.29 is 14.7 Å². The Kier molecular flexibility index (Phi) is 5.91. The highest BCUT2D eigenvalue weighted by Crippen LogP contribution is 2.24. The van der Waals surface area contributed by atoms with Crippen LogP contribution in [-0.2, 0) is 6.54 Å². The molecule has 0 aliphatic heterocycles. The SMILES string of the molecule is NC(=O)c1cccc(Cn2ccc3c(/C=N/NC(=O)c4ccc(O)c(Cl)c4)cccc32)c1. The molecule has 1 heterocycles. The van der Waals surface area contributed by atoms with E-state index in [0.717, 1.165) is 22.0 Å². The van der Waals surface area contributed by atoms with Crippen LogP contribution in [0.25, 0.3) is 10.9 Å². The number of benzene rings is 3. The maximum Gasteiger partial charge on any atom is 0.271 e. The molecule has 0 unspecified atom stereocenters. The Morgan fingerprint density at radius 2 is 1.88 bits per heavy atom. The third kappa shape index (κ3) is 4.48. The lowest BCUT2D eigenvalue weighted by atomic mass is 10.1. The van der Waals surface area contributed by atoms with Crippen molar-refractivity contribution in [2.24, 2.45) is 10.8 Å². The number of nitrogens with one attached hydrogen (secondary N) is 1. The van der Waals surface area contributed by atoms with Gasteiger partial charge in [-0.05, 0) is 48.0 Å². The fourth-order valence-electron chi connectivity index (χ4n) is 3.39. The van der Waals surface area contributed by atoms with Crippen molar-refractivity contribution >= 4 is 40.5 Å². The van der Waals surface area contributed by atoms with Crippen molar-refractivity contribution in [3.63, 3.8) is 0 Å². The second-order valence-electron chi connectivity index (χ2n) is 7.15. The number of aromatic nitrogens is 1. The molecule has 0 radical (unpaired) electrons. The normalized spacial score (nSPS) is 11.2. The number of nitrogens with zero attached hydrogens (tertiary/aromatic N) is 2. The maximum absolute atomic E-state index is 12.2. The van der Waals surface area contributed by atoms with Gasteiger partial charge in [0.05, 0.1) is 11.2 Å². The lowest BCUT2D eigenvalue weighted by Crippen LogP contribution is -2.17. The lowest BCUT2D eigenvalue weighted by Gasteiger charge is -2.07. The molecule has 0 saturated heterocycles. The Morgan fingerprint density at radius 1 is 1.06 bits per heavy atom. The molecule has 0 atom stereocenters. The quantitative estimate of drug-likeness (QED) is 0.308. The monoisotopic (exact) mass is 446 g/mol. The highest BCUT2D eigenvalue weighted by molar-refractivity contribution is 6.32. The maximum atomic E-state index is 12.2. The molecule has 0 fully saturated rings. The van der Waals surface area contributed by atoms with E-state index in [1.807, 2.05) is 42.6 Å². The number of rotatable bonds is 6. The van der Waals surface area contributed by atoms with Gasteiger partial charge in [-0.2, -0.15) is 5.10 Å². The summed E-state index contributed by atoms with van der Waals surface area (Å²) in [5.74, 6) is -0.995. The van der Waals surface area contributed by atoms with Crippen LogP contribution in [-0.4, -0.2) is 27.7 Å². The van der Waals surface area contributed by atoms with Crippen LogP contribution in [0, 0.1) is 0 Å². The van der Waals surface area contributed by atoms with Crippen LogP contribution in [0.4, 0.5) is 0 Å². The first kappa shape index (κ1) is 21.1. The fraction of sp³-hybridized carbons (Fsp3) is 0.0417. The standard InChI is InChI=1S/C24H19ClN4O3/c25-20-12-17(7-8-22(20)30)24(32)28-27-13-18-5-2-6-21-19(18)9-10-29(21)14-15-3-1-4-16(11-15)23(26)31/h1-13,30H,14H2,(H2,26,31)(H,28,32)/b27-13+. The molecule has 32 heavy (non-hydrogen) atoms. The summed E-state index contributed by atoms with van der Waals surface area (Å²) in [6.07, 6.45) is 3.52. The third-order valence-corrected chi connectivity index (χ3v) is 5.29. The van der Waals surface area contributed by atoms with Crippen LogP contribution in [0.3, 0.4) is 0 Å². The molecule has 0 aliphatic rings. The molecule has 160 valence electrons. The zero-order valence-electron chi connectivity index (χ0n) is 16.8.